The van der Waals surface area contributed by atoms with Crippen molar-refractivity contribution in [3.8, 4) is 0 Å². The number of ether oxygens (including phenoxy) is 1. The fourth-order valence-electron chi connectivity index (χ4n) is 1.80. The number of nitrogens with one attached hydrogen (secondary N) is 2. The molecule has 0 aliphatic heterocycles. The zero-order chi connectivity index (χ0) is 15.7. The maximum atomic E-state index is 12.0. The summed E-state index contributed by atoms with van der Waals surface area (Å²) in [6, 6.07) is 3.90. The average Bonchev–Trinajstić information content (AvgIpc) is 2.49. The standard InChI is InChI=1S/C13H20N4O4/c1-21-8-4-2-3-7-15-13(18)11-9-10(17(19)20)5-6-12(11)16-14/h5-6,9,16H,2-4,7-8,14H2,1H3,(H,15,18). The van der Waals surface area contributed by atoms with Gasteiger partial charge in [-0.05, 0) is 25.3 Å². The van der Waals surface area contributed by atoms with Crippen molar-refractivity contribution in [2.24, 2.45) is 5.84 Å². The number of nitro groups is 1. The SMILES string of the molecule is COCCCCCNC(=O)c1cc([N+](=O)[O-])ccc1NN. The van der Waals surface area contributed by atoms with Crippen molar-refractivity contribution >= 4 is 17.3 Å². The molecule has 21 heavy (non-hydrogen) atoms. The highest BCUT2D eigenvalue weighted by Crippen LogP contribution is 2.21. The maximum Gasteiger partial charge on any atom is 0.270 e. The van der Waals surface area contributed by atoms with Gasteiger partial charge in [-0.15, -0.1) is 0 Å². The fourth-order valence-corrected chi connectivity index (χ4v) is 1.80. The number of nitrogens with two attached hydrogens (primary N) is 1. The van der Waals surface area contributed by atoms with E-state index in [0.717, 1.165) is 19.3 Å². The number of nitrogen functional groups attached to an aromatic ring is 1. The molecule has 0 unspecified atom stereocenters. The molecule has 1 amide bonds. The monoisotopic (exact) mass is 296 g/mol. The summed E-state index contributed by atoms with van der Waals surface area (Å²) in [5.74, 6) is 4.92. The lowest BCUT2D eigenvalue weighted by atomic mass is 10.1. The number of methoxy groups -OCH3 is 1. The van der Waals surface area contributed by atoms with Crippen LogP contribution in [0.15, 0.2) is 18.2 Å². The number of nitro benzene ring substituents is 1. The van der Waals surface area contributed by atoms with Gasteiger partial charge in [0.25, 0.3) is 11.6 Å². The Kier molecular flexibility index (Phi) is 7.13. The van der Waals surface area contributed by atoms with E-state index in [1.807, 2.05) is 0 Å². The summed E-state index contributed by atoms with van der Waals surface area (Å²) in [6.07, 6.45) is 2.68. The van der Waals surface area contributed by atoms with Crippen molar-refractivity contribution in [1.82, 2.24) is 5.32 Å². The van der Waals surface area contributed by atoms with Gasteiger partial charge in [0, 0.05) is 32.4 Å². The van der Waals surface area contributed by atoms with Crippen LogP contribution in [0.1, 0.15) is 29.6 Å². The Hall–Kier alpha value is -2.19. The smallest absolute Gasteiger partial charge is 0.270 e. The van der Waals surface area contributed by atoms with Crippen LogP contribution in [0.25, 0.3) is 0 Å². The fraction of sp³-hybridized carbons (Fsp3) is 0.462. The summed E-state index contributed by atoms with van der Waals surface area (Å²) >= 11 is 0. The molecule has 1 aromatic carbocycles. The molecule has 0 bridgehead atoms. The van der Waals surface area contributed by atoms with Crippen LogP contribution in [0.5, 0.6) is 0 Å². The molecule has 1 aromatic rings. The van der Waals surface area contributed by atoms with Gasteiger partial charge in [0.1, 0.15) is 0 Å². The topological polar surface area (TPSA) is 120 Å². The lowest BCUT2D eigenvalue weighted by Gasteiger charge is -2.09. The first kappa shape index (κ1) is 16.9. The van der Waals surface area contributed by atoms with Crippen molar-refractivity contribution < 1.29 is 14.5 Å². The van der Waals surface area contributed by atoms with Crippen LogP contribution < -0.4 is 16.6 Å². The summed E-state index contributed by atoms with van der Waals surface area (Å²) in [7, 11) is 1.64. The predicted octanol–water partition coefficient (Wildman–Crippen LogP) is 1.43. The number of non-ortho nitro benzene ring substituents is 1. The summed E-state index contributed by atoms with van der Waals surface area (Å²) in [4.78, 5) is 22.2. The quantitative estimate of drug-likeness (QED) is 0.274. The molecule has 1 rings (SSSR count). The number of anilines is 1. The van der Waals surface area contributed by atoms with Crippen LogP contribution in [0.3, 0.4) is 0 Å². The van der Waals surface area contributed by atoms with Gasteiger partial charge in [0.2, 0.25) is 0 Å². The normalized spacial score (nSPS) is 10.2. The highest BCUT2D eigenvalue weighted by atomic mass is 16.6. The molecular weight excluding hydrogens is 276 g/mol. The first-order valence-corrected chi connectivity index (χ1v) is 6.62. The molecular formula is C13H20N4O4. The summed E-state index contributed by atoms with van der Waals surface area (Å²) in [5.41, 5.74) is 2.71. The zero-order valence-corrected chi connectivity index (χ0v) is 11.9. The molecule has 0 fully saturated rings. The van der Waals surface area contributed by atoms with Gasteiger partial charge in [0.05, 0.1) is 16.2 Å². The van der Waals surface area contributed by atoms with Gasteiger partial charge in [-0.1, -0.05) is 0 Å². The van der Waals surface area contributed by atoms with E-state index < -0.39 is 10.8 Å². The lowest BCUT2D eigenvalue weighted by Crippen LogP contribution is -2.26. The number of unbranched alkanes of at least 4 members (excludes halogenated alkanes) is 2. The lowest BCUT2D eigenvalue weighted by molar-refractivity contribution is -0.384. The molecule has 0 spiro atoms. The molecule has 4 N–H and O–H groups in total. The van der Waals surface area contributed by atoms with Gasteiger partial charge in [-0.25, -0.2) is 0 Å². The van der Waals surface area contributed by atoms with E-state index in [0.29, 0.717) is 18.8 Å². The van der Waals surface area contributed by atoms with Crippen molar-refractivity contribution in [2.45, 2.75) is 19.3 Å². The van der Waals surface area contributed by atoms with Gasteiger partial charge >= 0.3 is 0 Å². The Balaban J connectivity index is 2.59. The summed E-state index contributed by atoms with van der Waals surface area (Å²) in [5, 5.41) is 13.5. The third-order valence-corrected chi connectivity index (χ3v) is 2.92. The van der Waals surface area contributed by atoms with Crippen LogP contribution in [0.4, 0.5) is 11.4 Å². The minimum Gasteiger partial charge on any atom is -0.385 e. The molecule has 0 aliphatic carbocycles. The molecule has 116 valence electrons. The molecule has 0 heterocycles. The molecule has 0 aliphatic rings. The van der Waals surface area contributed by atoms with Gasteiger partial charge in [0.15, 0.2) is 0 Å². The van der Waals surface area contributed by atoms with Gasteiger partial charge in [-0.3, -0.25) is 20.8 Å². The number of benzene rings is 1. The first-order chi connectivity index (χ1) is 10.1. The molecule has 0 saturated carbocycles. The molecule has 8 heteroatoms. The van der Waals surface area contributed by atoms with E-state index in [1.165, 1.54) is 18.2 Å². The van der Waals surface area contributed by atoms with E-state index in [2.05, 4.69) is 10.7 Å². The molecule has 0 atom stereocenters. The van der Waals surface area contributed by atoms with E-state index >= 15 is 0 Å². The van der Waals surface area contributed by atoms with Crippen LogP contribution in [-0.2, 0) is 4.74 Å². The second kappa shape index (κ2) is 8.88. The highest BCUT2D eigenvalue weighted by molar-refractivity contribution is 6.00. The molecule has 8 nitrogen and oxygen atoms in total. The number of hydrazine groups is 1. The van der Waals surface area contributed by atoms with E-state index in [-0.39, 0.29) is 11.3 Å². The molecule has 0 aromatic heterocycles. The average molecular weight is 296 g/mol. The third kappa shape index (κ3) is 5.36. The summed E-state index contributed by atoms with van der Waals surface area (Å²) in [6.45, 7) is 1.19. The summed E-state index contributed by atoms with van der Waals surface area (Å²) < 4.78 is 4.93. The van der Waals surface area contributed by atoms with Gasteiger partial charge in [-0.2, -0.15) is 0 Å². The number of hydrogen-bond acceptors (Lipinski definition) is 6. The zero-order valence-electron chi connectivity index (χ0n) is 11.9. The van der Waals surface area contributed by atoms with Crippen LogP contribution >= 0.6 is 0 Å². The second-order valence-corrected chi connectivity index (χ2v) is 4.44. The molecule has 0 saturated heterocycles. The minimum atomic E-state index is -0.554. The Labute approximate surface area is 122 Å². The number of carbonyl (C=O) groups excluding carboxylic acids is 1. The van der Waals surface area contributed by atoms with Crippen LogP contribution in [-0.4, -0.2) is 31.1 Å². The Morgan fingerprint density at radius 3 is 2.76 bits per heavy atom. The number of hydrogen-bond donors (Lipinski definition) is 3. The third-order valence-electron chi connectivity index (χ3n) is 2.92. The molecule has 0 radical (unpaired) electrons. The minimum absolute atomic E-state index is 0.153. The Morgan fingerprint density at radius 1 is 1.38 bits per heavy atom. The van der Waals surface area contributed by atoms with E-state index in [4.69, 9.17) is 10.6 Å². The number of rotatable bonds is 9. The van der Waals surface area contributed by atoms with Crippen LogP contribution in [0, 0.1) is 10.1 Å². The number of nitrogens with zero attached hydrogens (tertiary/aromatic N) is 1. The van der Waals surface area contributed by atoms with E-state index in [9.17, 15) is 14.9 Å². The Morgan fingerprint density at radius 2 is 2.14 bits per heavy atom. The van der Waals surface area contributed by atoms with Crippen molar-refractivity contribution in [3.05, 3.63) is 33.9 Å². The van der Waals surface area contributed by atoms with Crippen molar-refractivity contribution in [1.29, 1.82) is 0 Å². The van der Waals surface area contributed by atoms with Gasteiger partial charge < -0.3 is 15.5 Å². The van der Waals surface area contributed by atoms with Crippen LogP contribution in [0.2, 0.25) is 0 Å². The first-order valence-electron chi connectivity index (χ1n) is 6.62. The van der Waals surface area contributed by atoms with Crippen molar-refractivity contribution in [3.63, 3.8) is 0 Å². The van der Waals surface area contributed by atoms with E-state index in [1.54, 1.807) is 7.11 Å². The number of carbonyl (C=O) groups is 1. The Bertz CT molecular complexity index is 493. The maximum absolute atomic E-state index is 12.0. The van der Waals surface area contributed by atoms with Crippen molar-refractivity contribution in [2.75, 3.05) is 25.7 Å². The second-order valence-electron chi connectivity index (χ2n) is 4.44. The number of amides is 1. The predicted molar refractivity (Wildman–Crippen MR) is 79.0 cm³/mol. The largest absolute Gasteiger partial charge is 0.385 e. The highest BCUT2D eigenvalue weighted by Gasteiger charge is 2.15.